The topological polar surface area (TPSA) is 133 Å². The van der Waals surface area contributed by atoms with E-state index in [4.69, 9.17) is 15.3 Å². The summed E-state index contributed by atoms with van der Waals surface area (Å²) in [4.78, 5) is 27.7. The van der Waals surface area contributed by atoms with Gasteiger partial charge in [0.1, 0.15) is 11.6 Å². The van der Waals surface area contributed by atoms with E-state index in [1.54, 1.807) is 12.4 Å². The molecule has 0 amide bonds. The summed E-state index contributed by atoms with van der Waals surface area (Å²) in [6.07, 6.45) is 0.939. The first-order valence-electron chi connectivity index (χ1n) is 6.21. The molecule has 0 spiro atoms. The van der Waals surface area contributed by atoms with Gasteiger partial charge in [0.2, 0.25) is 0 Å². The van der Waals surface area contributed by atoms with Gasteiger partial charge in [0.05, 0.1) is 6.42 Å². The second-order valence-corrected chi connectivity index (χ2v) is 4.01. The van der Waals surface area contributed by atoms with Crippen LogP contribution in [0.3, 0.4) is 0 Å². The number of hydrogen-bond acceptors (Lipinski definition) is 6. The number of pyridine rings is 2. The first kappa shape index (κ1) is 17.1. The van der Waals surface area contributed by atoms with Crippen LogP contribution >= 0.6 is 0 Å². The summed E-state index contributed by atoms with van der Waals surface area (Å²) in [6, 6.07) is 11.4. The number of carboxylic acids is 2. The van der Waals surface area contributed by atoms with E-state index in [0.717, 1.165) is 11.6 Å². The summed E-state index contributed by atoms with van der Waals surface area (Å²) >= 11 is 0. The maximum Gasteiger partial charge on any atom is 0.333 e. The van der Waals surface area contributed by atoms with E-state index < -0.39 is 24.5 Å². The van der Waals surface area contributed by atoms with Gasteiger partial charge in [0.15, 0.2) is 6.10 Å². The van der Waals surface area contributed by atoms with Gasteiger partial charge in [-0.1, -0.05) is 12.1 Å². The molecule has 116 valence electrons. The van der Waals surface area contributed by atoms with Gasteiger partial charge in [-0.15, -0.1) is 0 Å². The number of rotatable bonds is 5. The Hall–Kier alpha value is -3.00. The maximum atomic E-state index is 9.72. The number of nitrogens with zero attached hydrogens (tertiary/aromatic N) is 2. The zero-order chi connectivity index (χ0) is 16.4. The maximum absolute atomic E-state index is 9.72. The van der Waals surface area contributed by atoms with Gasteiger partial charge in [-0.05, 0) is 24.3 Å². The minimum absolute atomic E-state index is 0.755. The average molecular weight is 305 g/mol. The van der Waals surface area contributed by atoms with Crippen LogP contribution in [0.2, 0.25) is 0 Å². The lowest BCUT2D eigenvalue weighted by Gasteiger charge is -2.02. The highest BCUT2D eigenvalue weighted by Gasteiger charge is 2.16. The molecule has 2 rings (SSSR count). The summed E-state index contributed by atoms with van der Waals surface area (Å²) in [6.45, 7) is 0. The number of carboxylic acid groups (broad SMARTS) is 2. The number of aromatic nitrogens is 2. The zero-order valence-corrected chi connectivity index (χ0v) is 11.5. The van der Waals surface area contributed by atoms with Gasteiger partial charge in [0, 0.05) is 12.4 Å². The summed E-state index contributed by atoms with van der Waals surface area (Å²) in [5.74, 6) is -1.23. The molecule has 2 aromatic rings. The van der Waals surface area contributed by atoms with Crippen molar-refractivity contribution in [3.63, 3.8) is 0 Å². The molecule has 0 aliphatic rings. The van der Waals surface area contributed by atoms with E-state index in [1.165, 1.54) is 0 Å². The minimum atomic E-state index is -1.79. The molecule has 8 nitrogen and oxygen atoms in total. The smallest absolute Gasteiger partial charge is 0.333 e. The molecule has 0 aliphatic carbocycles. The quantitative estimate of drug-likeness (QED) is 0.646. The van der Waals surface area contributed by atoms with Crippen molar-refractivity contribution in [1.29, 1.82) is 0 Å². The molecule has 0 bridgehead atoms. The summed E-state index contributed by atoms with van der Waals surface area (Å²) < 4.78 is 0. The molecule has 1 unspecified atom stereocenters. The predicted molar refractivity (Wildman–Crippen MR) is 77.7 cm³/mol. The average Bonchev–Trinajstić information content (AvgIpc) is 2.49. The number of aliphatic hydroxyl groups excluding tert-OH is 1. The third kappa shape index (κ3) is 6.96. The van der Waals surface area contributed by atoms with Crippen molar-refractivity contribution < 1.29 is 24.9 Å². The molecule has 0 radical (unpaired) electrons. The van der Waals surface area contributed by atoms with Crippen LogP contribution in [0.4, 0.5) is 11.6 Å². The van der Waals surface area contributed by atoms with E-state index >= 15 is 0 Å². The highest BCUT2D eigenvalue weighted by molar-refractivity contribution is 5.79. The fourth-order valence-corrected chi connectivity index (χ4v) is 1.26. The Bertz CT molecular complexity index is 554. The number of carbonyl (C=O) groups is 2. The molecule has 0 fully saturated rings. The number of anilines is 2. The van der Waals surface area contributed by atoms with Crippen LogP contribution in [0, 0.1) is 0 Å². The molecular weight excluding hydrogens is 290 g/mol. The summed E-state index contributed by atoms with van der Waals surface area (Å²) in [5.41, 5.74) is 0. The monoisotopic (exact) mass is 305 g/mol. The van der Waals surface area contributed by atoms with Gasteiger partial charge in [-0.2, -0.15) is 0 Å². The van der Waals surface area contributed by atoms with Crippen LogP contribution in [0.5, 0.6) is 0 Å². The SMILES string of the molecule is O=C(O)CC(O)C(=O)O.c1ccc(Nc2ccccn2)nc1. The van der Waals surface area contributed by atoms with Gasteiger partial charge >= 0.3 is 11.9 Å². The molecular formula is C14H15N3O5. The lowest BCUT2D eigenvalue weighted by Crippen LogP contribution is -2.22. The minimum Gasteiger partial charge on any atom is -0.481 e. The van der Waals surface area contributed by atoms with E-state index in [0.29, 0.717) is 0 Å². The number of hydrogen-bond donors (Lipinski definition) is 4. The van der Waals surface area contributed by atoms with Crippen molar-refractivity contribution >= 4 is 23.6 Å². The van der Waals surface area contributed by atoms with E-state index in [2.05, 4.69) is 15.3 Å². The van der Waals surface area contributed by atoms with Gasteiger partial charge in [-0.25, -0.2) is 14.8 Å². The van der Waals surface area contributed by atoms with Gasteiger partial charge in [-0.3, -0.25) is 4.79 Å². The molecule has 1 atom stereocenters. The zero-order valence-electron chi connectivity index (χ0n) is 11.5. The first-order valence-corrected chi connectivity index (χ1v) is 6.21. The Morgan fingerprint density at radius 3 is 1.77 bits per heavy atom. The van der Waals surface area contributed by atoms with Crippen molar-refractivity contribution in [3.05, 3.63) is 48.8 Å². The van der Waals surface area contributed by atoms with E-state index in [-0.39, 0.29) is 0 Å². The molecule has 22 heavy (non-hydrogen) atoms. The van der Waals surface area contributed by atoms with Crippen molar-refractivity contribution in [2.24, 2.45) is 0 Å². The normalized spacial score (nSPS) is 10.8. The lowest BCUT2D eigenvalue weighted by molar-refractivity contribution is -0.152. The van der Waals surface area contributed by atoms with Gasteiger partial charge < -0.3 is 20.6 Å². The largest absolute Gasteiger partial charge is 0.481 e. The molecule has 0 aliphatic heterocycles. The Labute approximate surface area is 126 Å². The van der Waals surface area contributed by atoms with E-state index in [9.17, 15) is 9.59 Å². The number of aliphatic hydroxyl groups is 1. The van der Waals surface area contributed by atoms with Crippen molar-refractivity contribution in [1.82, 2.24) is 9.97 Å². The third-order valence-corrected chi connectivity index (χ3v) is 2.24. The fourth-order valence-electron chi connectivity index (χ4n) is 1.26. The molecule has 2 aromatic heterocycles. The van der Waals surface area contributed by atoms with Crippen LogP contribution in [0.25, 0.3) is 0 Å². The summed E-state index contributed by atoms with van der Waals surface area (Å²) in [5, 5.41) is 27.2. The number of aliphatic carboxylic acids is 2. The third-order valence-electron chi connectivity index (χ3n) is 2.24. The standard InChI is InChI=1S/C10H9N3.C4H6O5/c1-3-7-11-9(5-1)13-10-6-2-4-8-12-10;5-2(4(8)9)1-3(6)7/h1-8H,(H,11,12,13);2,5H,1H2,(H,6,7)(H,8,9). The van der Waals surface area contributed by atoms with Crippen molar-refractivity contribution in [3.8, 4) is 0 Å². The molecule has 2 heterocycles. The molecule has 0 saturated heterocycles. The second kappa shape index (κ2) is 9.03. The fraction of sp³-hybridized carbons (Fsp3) is 0.143. The summed E-state index contributed by atoms with van der Waals surface area (Å²) in [7, 11) is 0. The first-order chi connectivity index (χ1) is 10.5. The molecule has 8 heteroatoms. The van der Waals surface area contributed by atoms with Crippen LogP contribution in [-0.4, -0.2) is 43.3 Å². The van der Waals surface area contributed by atoms with Crippen molar-refractivity contribution in [2.45, 2.75) is 12.5 Å². The van der Waals surface area contributed by atoms with E-state index in [1.807, 2.05) is 36.4 Å². The second-order valence-electron chi connectivity index (χ2n) is 4.01. The molecule has 0 aromatic carbocycles. The number of nitrogens with one attached hydrogen (secondary N) is 1. The lowest BCUT2D eigenvalue weighted by atomic mass is 10.3. The molecule has 0 saturated carbocycles. The Kier molecular flexibility index (Phi) is 7.00. The van der Waals surface area contributed by atoms with Crippen LogP contribution in [0.15, 0.2) is 48.8 Å². The Balaban J connectivity index is 0.000000239. The Morgan fingerprint density at radius 1 is 1.00 bits per heavy atom. The van der Waals surface area contributed by atoms with Crippen molar-refractivity contribution in [2.75, 3.05) is 5.32 Å². The van der Waals surface area contributed by atoms with Crippen LogP contribution in [-0.2, 0) is 9.59 Å². The predicted octanol–water partition coefficient (Wildman–Crippen LogP) is 1.13. The molecule has 4 N–H and O–H groups in total. The van der Waals surface area contributed by atoms with Crippen LogP contribution in [0.1, 0.15) is 6.42 Å². The Morgan fingerprint density at radius 2 is 1.50 bits per heavy atom. The highest BCUT2D eigenvalue weighted by atomic mass is 16.4. The van der Waals surface area contributed by atoms with Crippen LogP contribution < -0.4 is 5.32 Å². The highest BCUT2D eigenvalue weighted by Crippen LogP contribution is 2.08. The van der Waals surface area contributed by atoms with Gasteiger partial charge in [0.25, 0.3) is 0 Å².